The first-order valence-corrected chi connectivity index (χ1v) is 5.82. The molecule has 1 atom stereocenters. The van der Waals surface area contributed by atoms with E-state index in [1.54, 1.807) is 12.1 Å². The maximum atomic E-state index is 13.1. The molecule has 90 valence electrons. The van der Waals surface area contributed by atoms with E-state index < -0.39 is 0 Å². The maximum absolute atomic E-state index is 13.1. The fourth-order valence-electron chi connectivity index (χ4n) is 1.64. The van der Waals surface area contributed by atoms with Gasteiger partial charge in [-0.1, -0.05) is 13.0 Å². The Bertz CT molecular complexity index is 305. The van der Waals surface area contributed by atoms with Crippen molar-refractivity contribution >= 4 is 0 Å². The van der Waals surface area contributed by atoms with Gasteiger partial charge in [-0.3, -0.25) is 0 Å². The Balaban J connectivity index is 2.41. The molecule has 0 aliphatic heterocycles. The summed E-state index contributed by atoms with van der Waals surface area (Å²) in [4.78, 5) is 0. The van der Waals surface area contributed by atoms with Gasteiger partial charge in [0.2, 0.25) is 0 Å². The van der Waals surface area contributed by atoms with E-state index in [0.29, 0.717) is 12.6 Å². The molecule has 0 heterocycles. The number of hydrogen-bond donors (Lipinski definition) is 2. The van der Waals surface area contributed by atoms with Crippen LogP contribution in [-0.2, 0) is 6.54 Å². The number of benzene rings is 1. The van der Waals surface area contributed by atoms with Gasteiger partial charge in [-0.2, -0.15) is 0 Å². The van der Waals surface area contributed by atoms with Crippen LogP contribution in [0.3, 0.4) is 0 Å². The van der Waals surface area contributed by atoms with Crippen molar-refractivity contribution in [2.75, 3.05) is 13.1 Å². The van der Waals surface area contributed by atoms with Crippen molar-refractivity contribution in [3.05, 3.63) is 35.1 Å². The van der Waals surface area contributed by atoms with Gasteiger partial charge in [0, 0.05) is 19.1 Å². The molecule has 0 bridgehead atoms. The molecule has 0 aliphatic carbocycles. The van der Waals surface area contributed by atoms with Crippen LogP contribution in [0, 0.1) is 12.7 Å². The van der Waals surface area contributed by atoms with Crippen LogP contribution in [0.2, 0.25) is 0 Å². The van der Waals surface area contributed by atoms with E-state index in [4.69, 9.17) is 0 Å². The van der Waals surface area contributed by atoms with Crippen LogP contribution in [0.1, 0.15) is 25.0 Å². The van der Waals surface area contributed by atoms with E-state index in [2.05, 4.69) is 24.5 Å². The predicted octanol–water partition coefficient (Wildman–Crippen LogP) is 2.22. The van der Waals surface area contributed by atoms with Gasteiger partial charge >= 0.3 is 0 Å². The topological polar surface area (TPSA) is 24.1 Å². The summed E-state index contributed by atoms with van der Waals surface area (Å²) in [6, 6.07) is 5.53. The monoisotopic (exact) mass is 224 g/mol. The minimum Gasteiger partial charge on any atom is -0.315 e. The Hall–Kier alpha value is -0.930. The van der Waals surface area contributed by atoms with Crippen LogP contribution >= 0.6 is 0 Å². The highest BCUT2D eigenvalue weighted by Gasteiger charge is 2.02. The molecule has 1 unspecified atom stereocenters. The van der Waals surface area contributed by atoms with Gasteiger partial charge in [0.05, 0.1) is 0 Å². The van der Waals surface area contributed by atoms with Gasteiger partial charge in [0.1, 0.15) is 5.82 Å². The first kappa shape index (κ1) is 13.1. The van der Waals surface area contributed by atoms with E-state index in [-0.39, 0.29) is 5.82 Å². The minimum atomic E-state index is -0.156. The number of rotatable bonds is 6. The van der Waals surface area contributed by atoms with Crippen LogP contribution in [-0.4, -0.2) is 19.1 Å². The molecule has 0 saturated carbocycles. The van der Waals surface area contributed by atoms with Crippen molar-refractivity contribution in [1.29, 1.82) is 0 Å². The van der Waals surface area contributed by atoms with E-state index in [9.17, 15) is 4.39 Å². The molecule has 2 nitrogen and oxygen atoms in total. The molecule has 0 aliphatic rings. The number of aryl methyl sites for hydroxylation is 1. The van der Waals surface area contributed by atoms with Crippen molar-refractivity contribution in [3.8, 4) is 0 Å². The molecule has 2 N–H and O–H groups in total. The molecular weight excluding hydrogens is 203 g/mol. The Morgan fingerprint density at radius 1 is 1.31 bits per heavy atom. The van der Waals surface area contributed by atoms with E-state index in [1.165, 1.54) is 0 Å². The SMILES string of the molecule is CCNCC(C)NCc1cc(C)cc(F)c1. The lowest BCUT2D eigenvalue weighted by Crippen LogP contribution is -2.35. The van der Waals surface area contributed by atoms with Crippen LogP contribution in [0.4, 0.5) is 4.39 Å². The maximum Gasteiger partial charge on any atom is 0.123 e. The molecule has 1 aromatic rings. The second-order valence-electron chi connectivity index (χ2n) is 4.23. The number of nitrogens with one attached hydrogen (secondary N) is 2. The van der Waals surface area contributed by atoms with Crippen molar-refractivity contribution in [2.24, 2.45) is 0 Å². The van der Waals surface area contributed by atoms with Crippen LogP contribution < -0.4 is 10.6 Å². The Labute approximate surface area is 97.3 Å². The number of halogens is 1. The molecule has 0 aromatic heterocycles. The van der Waals surface area contributed by atoms with Crippen molar-refractivity contribution in [2.45, 2.75) is 33.4 Å². The largest absolute Gasteiger partial charge is 0.315 e. The average molecular weight is 224 g/mol. The van der Waals surface area contributed by atoms with Gasteiger partial charge in [-0.05, 0) is 43.7 Å². The normalized spacial score (nSPS) is 12.8. The average Bonchev–Trinajstić information content (AvgIpc) is 2.22. The lowest BCUT2D eigenvalue weighted by molar-refractivity contribution is 0.507. The van der Waals surface area contributed by atoms with Gasteiger partial charge < -0.3 is 10.6 Å². The fraction of sp³-hybridized carbons (Fsp3) is 0.538. The molecule has 0 saturated heterocycles. The molecule has 3 heteroatoms. The van der Waals surface area contributed by atoms with Crippen molar-refractivity contribution in [3.63, 3.8) is 0 Å². The zero-order valence-electron chi connectivity index (χ0n) is 10.3. The van der Waals surface area contributed by atoms with Crippen LogP contribution in [0.15, 0.2) is 18.2 Å². The highest BCUT2D eigenvalue weighted by molar-refractivity contribution is 5.23. The fourth-order valence-corrected chi connectivity index (χ4v) is 1.64. The lowest BCUT2D eigenvalue weighted by atomic mass is 10.1. The van der Waals surface area contributed by atoms with Crippen molar-refractivity contribution in [1.82, 2.24) is 10.6 Å². The molecule has 1 aromatic carbocycles. The number of hydrogen-bond acceptors (Lipinski definition) is 2. The summed E-state index contributed by atoms with van der Waals surface area (Å²) in [5.41, 5.74) is 1.97. The van der Waals surface area contributed by atoms with Gasteiger partial charge in [0.15, 0.2) is 0 Å². The molecule has 0 fully saturated rings. The third-order valence-electron chi connectivity index (χ3n) is 2.46. The summed E-state index contributed by atoms with van der Waals surface area (Å²) in [7, 11) is 0. The molecule has 0 amide bonds. The molecule has 0 spiro atoms. The quantitative estimate of drug-likeness (QED) is 0.774. The summed E-state index contributed by atoms with van der Waals surface area (Å²) in [5, 5.41) is 6.63. The Kier molecular flexibility index (Phi) is 5.43. The van der Waals surface area contributed by atoms with Gasteiger partial charge in [-0.25, -0.2) is 4.39 Å². The highest BCUT2D eigenvalue weighted by Crippen LogP contribution is 2.08. The van der Waals surface area contributed by atoms with Crippen molar-refractivity contribution < 1.29 is 4.39 Å². The predicted molar refractivity (Wildman–Crippen MR) is 66.0 cm³/mol. The summed E-state index contributed by atoms with van der Waals surface area (Å²) < 4.78 is 13.1. The highest BCUT2D eigenvalue weighted by atomic mass is 19.1. The van der Waals surface area contributed by atoms with E-state index in [0.717, 1.165) is 24.2 Å². The summed E-state index contributed by atoms with van der Waals surface area (Å²) in [6.07, 6.45) is 0. The van der Waals surface area contributed by atoms with Gasteiger partial charge in [0.25, 0.3) is 0 Å². The summed E-state index contributed by atoms with van der Waals surface area (Å²) in [6.45, 7) is 8.74. The first-order valence-electron chi connectivity index (χ1n) is 5.82. The van der Waals surface area contributed by atoms with E-state index in [1.807, 2.05) is 13.0 Å². The van der Waals surface area contributed by atoms with Crippen LogP contribution in [0.5, 0.6) is 0 Å². The second-order valence-corrected chi connectivity index (χ2v) is 4.23. The third-order valence-corrected chi connectivity index (χ3v) is 2.46. The minimum absolute atomic E-state index is 0.156. The zero-order valence-corrected chi connectivity index (χ0v) is 10.3. The lowest BCUT2D eigenvalue weighted by Gasteiger charge is -2.14. The summed E-state index contributed by atoms with van der Waals surface area (Å²) in [5.74, 6) is -0.156. The van der Waals surface area contributed by atoms with Crippen LogP contribution in [0.25, 0.3) is 0 Å². The second kappa shape index (κ2) is 6.61. The Morgan fingerprint density at radius 3 is 2.69 bits per heavy atom. The Morgan fingerprint density at radius 2 is 2.06 bits per heavy atom. The molecule has 0 radical (unpaired) electrons. The third kappa shape index (κ3) is 4.73. The molecular formula is C13H21FN2. The number of likely N-dealkylation sites (N-methyl/N-ethyl adjacent to an activating group) is 1. The molecule has 16 heavy (non-hydrogen) atoms. The van der Waals surface area contributed by atoms with E-state index >= 15 is 0 Å². The first-order chi connectivity index (χ1) is 7.61. The zero-order chi connectivity index (χ0) is 12.0. The molecule has 1 rings (SSSR count). The smallest absolute Gasteiger partial charge is 0.123 e. The standard InChI is InChI=1S/C13H21FN2/c1-4-15-8-11(3)16-9-12-5-10(2)6-13(14)7-12/h5-7,11,15-16H,4,8-9H2,1-3H3. The summed E-state index contributed by atoms with van der Waals surface area (Å²) >= 11 is 0. The van der Waals surface area contributed by atoms with Gasteiger partial charge in [-0.15, -0.1) is 0 Å².